The van der Waals surface area contributed by atoms with Gasteiger partial charge in [0.1, 0.15) is 17.7 Å². The number of ether oxygens (including phenoxy) is 1. The van der Waals surface area contributed by atoms with Gasteiger partial charge in [0.15, 0.2) is 0 Å². The van der Waals surface area contributed by atoms with Gasteiger partial charge in [-0.25, -0.2) is 4.98 Å². The second kappa shape index (κ2) is 6.78. The lowest BCUT2D eigenvalue weighted by Gasteiger charge is -2.14. The summed E-state index contributed by atoms with van der Waals surface area (Å²) >= 11 is 0. The number of rotatable bonds is 6. The maximum Gasteiger partial charge on any atom is 0.242 e. The van der Waals surface area contributed by atoms with Gasteiger partial charge in [0.05, 0.1) is 6.61 Å². The Hall–Kier alpha value is -1.85. The number of nitrogens with zero attached hydrogens (tertiary/aromatic N) is 2. The van der Waals surface area contributed by atoms with E-state index in [4.69, 9.17) is 4.74 Å². The molecule has 0 aliphatic rings. The number of likely N-dealkylation sites (N-methyl/N-ethyl adjacent to an activating group) is 1. The van der Waals surface area contributed by atoms with E-state index in [0.717, 1.165) is 0 Å². The van der Waals surface area contributed by atoms with Crippen LogP contribution in [-0.4, -0.2) is 35.1 Å². The molecule has 2 N–H and O–H groups in total. The summed E-state index contributed by atoms with van der Waals surface area (Å²) in [5.74, 6) is 1.64. The number of aryl methyl sites for hydroxylation is 1. The van der Waals surface area contributed by atoms with E-state index in [2.05, 4.69) is 20.6 Å². The van der Waals surface area contributed by atoms with Gasteiger partial charge < -0.3 is 15.4 Å². The molecular weight excluding hydrogens is 232 g/mol. The Morgan fingerprint density at radius 3 is 2.78 bits per heavy atom. The van der Waals surface area contributed by atoms with Gasteiger partial charge in [-0.2, -0.15) is 4.98 Å². The minimum Gasteiger partial charge on any atom is -0.478 e. The summed E-state index contributed by atoms with van der Waals surface area (Å²) in [6.45, 7) is 8.49. The number of carbonyl (C=O) groups is 1. The van der Waals surface area contributed by atoms with Crippen molar-refractivity contribution in [3.05, 3.63) is 11.9 Å². The van der Waals surface area contributed by atoms with Crippen molar-refractivity contribution in [3.63, 3.8) is 0 Å². The molecule has 0 saturated heterocycles. The van der Waals surface area contributed by atoms with Crippen molar-refractivity contribution in [1.82, 2.24) is 15.3 Å². The highest BCUT2D eigenvalue weighted by Crippen LogP contribution is 2.14. The summed E-state index contributed by atoms with van der Waals surface area (Å²) in [6.07, 6.45) is 0. The standard InChI is InChI=1S/C12H20N4O2/c1-5-13-12(17)8(3)14-10-7-11(18-6-2)16-9(4)15-10/h7-8H,5-6H2,1-4H3,(H,13,17)(H,14,15,16). The SMILES string of the molecule is CCNC(=O)C(C)Nc1cc(OCC)nc(C)n1. The van der Waals surface area contributed by atoms with Crippen molar-refractivity contribution >= 4 is 11.7 Å². The second-order valence-electron chi connectivity index (χ2n) is 3.83. The monoisotopic (exact) mass is 252 g/mol. The Kier molecular flexibility index (Phi) is 5.35. The average Bonchev–Trinajstić information content (AvgIpc) is 2.28. The lowest BCUT2D eigenvalue weighted by atomic mass is 10.3. The molecule has 0 aliphatic carbocycles. The van der Waals surface area contributed by atoms with E-state index in [0.29, 0.717) is 30.7 Å². The lowest BCUT2D eigenvalue weighted by Crippen LogP contribution is -2.37. The molecular formula is C12H20N4O2. The van der Waals surface area contributed by atoms with Gasteiger partial charge in [-0.1, -0.05) is 0 Å². The Morgan fingerprint density at radius 1 is 1.44 bits per heavy atom. The molecule has 6 heteroatoms. The van der Waals surface area contributed by atoms with Crippen LogP contribution in [0, 0.1) is 6.92 Å². The van der Waals surface area contributed by atoms with Crippen LogP contribution in [0.2, 0.25) is 0 Å². The molecule has 1 heterocycles. The summed E-state index contributed by atoms with van der Waals surface area (Å²) in [4.78, 5) is 19.9. The van der Waals surface area contributed by atoms with Crippen LogP contribution in [0.25, 0.3) is 0 Å². The molecule has 6 nitrogen and oxygen atoms in total. The van der Waals surface area contributed by atoms with E-state index in [-0.39, 0.29) is 11.9 Å². The molecule has 1 aromatic heterocycles. The predicted molar refractivity (Wildman–Crippen MR) is 69.7 cm³/mol. The molecule has 0 aliphatic heterocycles. The van der Waals surface area contributed by atoms with Gasteiger partial charge in [0.2, 0.25) is 11.8 Å². The minimum absolute atomic E-state index is 0.0632. The first-order valence-corrected chi connectivity index (χ1v) is 6.09. The molecule has 0 spiro atoms. The quantitative estimate of drug-likeness (QED) is 0.793. The fourth-order valence-electron chi connectivity index (χ4n) is 1.45. The van der Waals surface area contributed by atoms with Gasteiger partial charge in [0, 0.05) is 12.6 Å². The van der Waals surface area contributed by atoms with Crippen LogP contribution in [0.5, 0.6) is 5.88 Å². The molecule has 0 aromatic carbocycles. The topological polar surface area (TPSA) is 76.1 Å². The smallest absolute Gasteiger partial charge is 0.242 e. The van der Waals surface area contributed by atoms with Gasteiger partial charge in [-0.15, -0.1) is 0 Å². The predicted octanol–water partition coefficient (Wildman–Crippen LogP) is 1.12. The number of anilines is 1. The van der Waals surface area contributed by atoms with Crippen molar-refractivity contribution in [2.24, 2.45) is 0 Å². The first-order chi connectivity index (χ1) is 8.56. The Morgan fingerprint density at radius 2 is 2.17 bits per heavy atom. The minimum atomic E-state index is -0.353. The number of aromatic nitrogens is 2. The highest BCUT2D eigenvalue weighted by Gasteiger charge is 2.13. The third-order valence-electron chi connectivity index (χ3n) is 2.22. The zero-order valence-corrected chi connectivity index (χ0v) is 11.3. The van der Waals surface area contributed by atoms with Crippen molar-refractivity contribution in [2.45, 2.75) is 33.7 Å². The Balaban J connectivity index is 2.74. The van der Waals surface area contributed by atoms with Gasteiger partial charge in [-0.3, -0.25) is 4.79 Å². The number of amides is 1. The zero-order chi connectivity index (χ0) is 13.5. The number of hydrogen-bond donors (Lipinski definition) is 2. The van der Waals surface area contributed by atoms with Crippen molar-refractivity contribution in [2.75, 3.05) is 18.5 Å². The van der Waals surface area contributed by atoms with E-state index in [1.54, 1.807) is 19.9 Å². The van der Waals surface area contributed by atoms with Crippen LogP contribution in [-0.2, 0) is 4.79 Å². The summed E-state index contributed by atoms with van der Waals surface area (Å²) in [6, 6.07) is 1.33. The van der Waals surface area contributed by atoms with Gasteiger partial charge in [-0.05, 0) is 27.7 Å². The van der Waals surface area contributed by atoms with Crippen molar-refractivity contribution < 1.29 is 9.53 Å². The highest BCUT2D eigenvalue weighted by atomic mass is 16.5. The molecule has 100 valence electrons. The van der Waals surface area contributed by atoms with Gasteiger partial charge in [0.25, 0.3) is 0 Å². The fraction of sp³-hybridized carbons (Fsp3) is 0.583. The maximum atomic E-state index is 11.6. The molecule has 18 heavy (non-hydrogen) atoms. The average molecular weight is 252 g/mol. The molecule has 1 amide bonds. The third kappa shape index (κ3) is 4.20. The molecule has 1 rings (SSSR count). The third-order valence-corrected chi connectivity index (χ3v) is 2.22. The summed E-state index contributed by atoms with van der Waals surface area (Å²) in [7, 11) is 0. The van der Waals surface area contributed by atoms with Crippen LogP contribution in [0.15, 0.2) is 6.07 Å². The van der Waals surface area contributed by atoms with Crippen LogP contribution in [0.1, 0.15) is 26.6 Å². The summed E-state index contributed by atoms with van der Waals surface area (Å²) in [5.41, 5.74) is 0. The largest absolute Gasteiger partial charge is 0.478 e. The van der Waals surface area contributed by atoms with E-state index >= 15 is 0 Å². The second-order valence-corrected chi connectivity index (χ2v) is 3.83. The number of nitrogens with one attached hydrogen (secondary N) is 2. The molecule has 0 radical (unpaired) electrons. The van der Waals surface area contributed by atoms with E-state index in [1.165, 1.54) is 0 Å². The van der Waals surface area contributed by atoms with E-state index in [1.807, 2.05) is 13.8 Å². The Bertz CT molecular complexity index is 409. The number of carbonyl (C=O) groups excluding carboxylic acids is 1. The molecule has 0 fully saturated rings. The van der Waals surface area contributed by atoms with Crippen molar-refractivity contribution in [3.8, 4) is 5.88 Å². The summed E-state index contributed by atoms with van der Waals surface area (Å²) in [5, 5.41) is 5.77. The Labute approximate surface area is 107 Å². The van der Waals surface area contributed by atoms with Crippen LogP contribution >= 0.6 is 0 Å². The maximum absolute atomic E-state index is 11.6. The van der Waals surface area contributed by atoms with Crippen molar-refractivity contribution in [1.29, 1.82) is 0 Å². The van der Waals surface area contributed by atoms with Gasteiger partial charge >= 0.3 is 0 Å². The van der Waals surface area contributed by atoms with Crippen LogP contribution in [0.3, 0.4) is 0 Å². The molecule has 0 bridgehead atoms. The summed E-state index contributed by atoms with van der Waals surface area (Å²) < 4.78 is 5.33. The first kappa shape index (κ1) is 14.2. The molecule has 1 unspecified atom stereocenters. The molecule has 1 atom stereocenters. The molecule has 0 saturated carbocycles. The fourth-order valence-corrected chi connectivity index (χ4v) is 1.45. The highest BCUT2D eigenvalue weighted by molar-refractivity contribution is 5.83. The zero-order valence-electron chi connectivity index (χ0n) is 11.3. The van der Waals surface area contributed by atoms with E-state index in [9.17, 15) is 4.79 Å². The van der Waals surface area contributed by atoms with E-state index < -0.39 is 0 Å². The van der Waals surface area contributed by atoms with Crippen LogP contribution in [0.4, 0.5) is 5.82 Å². The lowest BCUT2D eigenvalue weighted by molar-refractivity contribution is -0.121. The normalized spacial score (nSPS) is 11.8. The molecule has 1 aromatic rings. The van der Waals surface area contributed by atoms with Crippen LogP contribution < -0.4 is 15.4 Å². The first-order valence-electron chi connectivity index (χ1n) is 6.09. The number of hydrogen-bond acceptors (Lipinski definition) is 5.